The lowest BCUT2D eigenvalue weighted by Crippen LogP contribution is -2.43. The fraction of sp³-hybridized carbons (Fsp3) is 0.292. The Morgan fingerprint density at radius 1 is 1.20 bits per heavy atom. The fourth-order valence-corrected chi connectivity index (χ4v) is 3.82. The minimum Gasteiger partial charge on any atom is -0.356 e. The fourth-order valence-electron chi connectivity index (χ4n) is 3.82. The van der Waals surface area contributed by atoms with E-state index in [-0.39, 0.29) is 17.6 Å². The maximum atomic E-state index is 13.2. The average molecular weight is 404 g/mol. The molecule has 1 aliphatic heterocycles. The quantitative estimate of drug-likeness (QED) is 0.695. The summed E-state index contributed by atoms with van der Waals surface area (Å²) in [6.07, 6.45) is 3.51. The molecule has 6 heteroatoms. The number of nitrogens with one attached hydrogen (secondary N) is 1. The van der Waals surface area contributed by atoms with Crippen LogP contribution in [0.15, 0.2) is 60.8 Å². The van der Waals surface area contributed by atoms with E-state index in [0.717, 1.165) is 36.3 Å². The van der Waals surface area contributed by atoms with Crippen molar-refractivity contribution >= 4 is 11.7 Å². The molecule has 1 fully saturated rings. The van der Waals surface area contributed by atoms with Gasteiger partial charge >= 0.3 is 0 Å². The second kappa shape index (κ2) is 9.03. The first-order valence-electron chi connectivity index (χ1n) is 10.3. The number of amides is 1. The Kier molecular flexibility index (Phi) is 6.02. The van der Waals surface area contributed by atoms with Crippen LogP contribution in [0, 0.1) is 18.7 Å². The van der Waals surface area contributed by atoms with Crippen molar-refractivity contribution in [2.75, 3.05) is 18.0 Å². The zero-order chi connectivity index (χ0) is 20.9. The predicted octanol–water partition coefficient (Wildman–Crippen LogP) is 4.12. The molecular weight excluding hydrogens is 379 g/mol. The number of piperidine rings is 1. The van der Waals surface area contributed by atoms with Gasteiger partial charge < -0.3 is 10.2 Å². The molecule has 3 aromatic rings. The molecule has 0 radical (unpaired) electrons. The van der Waals surface area contributed by atoms with Crippen LogP contribution in [0.5, 0.6) is 0 Å². The van der Waals surface area contributed by atoms with Gasteiger partial charge in [-0.25, -0.2) is 14.4 Å². The van der Waals surface area contributed by atoms with Gasteiger partial charge in [0.2, 0.25) is 5.91 Å². The van der Waals surface area contributed by atoms with Crippen molar-refractivity contribution in [1.82, 2.24) is 15.3 Å². The van der Waals surface area contributed by atoms with Gasteiger partial charge in [-0.2, -0.15) is 0 Å². The minimum absolute atomic E-state index is 0.0761. The highest BCUT2D eigenvalue weighted by Crippen LogP contribution is 2.24. The Labute approximate surface area is 176 Å². The van der Waals surface area contributed by atoms with Gasteiger partial charge in [0.15, 0.2) is 5.82 Å². The zero-order valence-corrected chi connectivity index (χ0v) is 17.0. The lowest BCUT2D eigenvalue weighted by atomic mass is 9.97. The van der Waals surface area contributed by atoms with Crippen molar-refractivity contribution in [2.45, 2.75) is 26.3 Å². The Hall–Kier alpha value is -3.28. The standard InChI is InChI=1S/C24H25FN4O/c1-17-4-2-5-18(14-17)15-27-24(30)20-6-3-13-29(16-20)22-11-12-26-23(28-22)19-7-9-21(25)10-8-19/h2,4-5,7-12,14,20H,3,6,13,15-16H2,1H3,(H,27,30)/t20-/m1/s1. The van der Waals surface area contributed by atoms with Gasteiger partial charge in [0.25, 0.3) is 0 Å². The number of carbonyl (C=O) groups excluding carboxylic acids is 1. The van der Waals surface area contributed by atoms with E-state index in [0.29, 0.717) is 18.9 Å². The lowest BCUT2D eigenvalue weighted by Gasteiger charge is -2.33. The molecule has 4 rings (SSSR count). The summed E-state index contributed by atoms with van der Waals surface area (Å²) in [6, 6.07) is 16.2. The molecule has 0 unspecified atom stereocenters. The van der Waals surface area contributed by atoms with Gasteiger partial charge in [-0.3, -0.25) is 4.79 Å². The van der Waals surface area contributed by atoms with Crippen molar-refractivity contribution < 1.29 is 9.18 Å². The number of anilines is 1. The van der Waals surface area contributed by atoms with Crippen molar-refractivity contribution in [1.29, 1.82) is 0 Å². The first-order chi connectivity index (χ1) is 14.6. The Morgan fingerprint density at radius 3 is 2.83 bits per heavy atom. The molecule has 0 saturated carbocycles. The van der Waals surface area contributed by atoms with E-state index in [1.54, 1.807) is 18.3 Å². The molecule has 0 bridgehead atoms. The van der Waals surface area contributed by atoms with E-state index in [1.165, 1.54) is 17.7 Å². The molecule has 154 valence electrons. The molecule has 0 aliphatic carbocycles. The van der Waals surface area contributed by atoms with Gasteiger partial charge in [-0.05, 0) is 55.7 Å². The minimum atomic E-state index is -0.287. The van der Waals surface area contributed by atoms with E-state index in [1.807, 2.05) is 31.2 Å². The van der Waals surface area contributed by atoms with Crippen molar-refractivity contribution in [2.24, 2.45) is 5.92 Å². The molecule has 1 N–H and O–H groups in total. The molecule has 2 heterocycles. The Bertz CT molecular complexity index is 1020. The summed E-state index contributed by atoms with van der Waals surface area (Å²) in [5, 5.41) is 3.08. The van der Waals surface area contributed by atoms with Crippen molar-refractivity contribution in [3.8, 4) is 11.4 Å². The first kappa shape index (κ1) is 20.0. The summed E-state index contributed by atoms with van der Waals surface area (Å²) in [7, 11) is 0. The number of hydrogen-bond donors (Lipinski definition) is 1. The van der Waals surface area contributed by atoms with Gasteiger partial charge in [0.05, 0.1) is 5.92 Å². The van der Waals surface area contributed by atoms with Crippen molar-refractivity contribution in [3.05, 3.63) is 77.7 Å². The van der Waals surface area contributed by atoms with Crippen molar-refractivity contribution in [3.63, 3.8) is 0 Å². The number of halogens is 1. The maximum absolute atomic E-state index is 13.2. The highest BCUT2D eigenvalue weighted by molar-refractivity contribution is 5.79. The average Bonchev–Trinajstić information content (AvgIpc) is 2.78. The Balaban J connectivity index is 1.41. The van der Waals surface area contributed by atoms with Crippen LogP contribution in [0.2, 0.25) is 0 Å². The molecule has 0 spiro atoms. The number of nitrogens with zero attached hydrogens (tertiary/aromatic N) is 3. The van der Waals surface area contributed by atoms with Crippen LogP contribution in [0.1, 0.15) is 24.0 Å². The lowest BCUT2D eigenvalue weighted by molar-refractivity contribution is -0.125. The van der Waals surface area contributed by atoms with Crippen LogP contribution in [0.25, 0.3) is 11.4 Å². The third kappa shape index (κ3) is 4.82. The molecule has 5 nitrogen and oxygen atoms in total. The molecule has 1 aromatic heterocycles. The van der Waals surface area contributed by atoms with Crippen LogP contribution < -0.4 is 10.2 Å². The Morgan fingerprint density at radius 2 is 2.03 bits per heavy atom. The monoisotopic (exact) mass is 404 g/mol. The van der Waals surface area contributed by atoms with Gasteiger partial charge in [-0.1, -0.05) is 29.8 Å². The number of rotatable bonds is 5. The van der Waals surface area contributed by atoms with Crippen LogP contribution >= 0.6 is 0 Å². The predicted molar refractivity (Wildman–Crippen MR) is 115 cm³/mol. The summed E-state index contributed by atoms with van der Waals surface area (Å²) in [6.45, 7) is 4.06. The maximum Gasteiger partial charge on any atom is 0.225 e. The van der Waals surface area contributed by atoms with E-state index in [9.17, 15) is 9.18 Å². The normalized spacial score (nSPS) is 16.3. The van der Waals surface area contributed by atoms with Crippen LogP contribution in [-0.4, -0.2) is 29.0 Å². The third-order valence-electron chi connectivity index (χ3n) is 5.41. The number of hydrogen-bond acceptors (Lipinski definition) is 4. The molecule has 1 amide bonds. The van der Waals surface area contributed by atoms with Gasteiger partial charge in [-0.15, -0.1) is 0 Å². The van der Waals surface area contributed by atoms with Crippen LogP contribution in [0.4, 0.5) is 10.2 Å². The smallest absolute Gasteiger partial charge is 0.225 e. The molecule has 1 atom stereocenters. The molecule has 2 aromatic carbocycles. The van der Waals surface area contributed by atoms with Crippen LogP contribution in [0.3, 0.4) is 0 Å². The van der Waals surface area contributed by atoms with E-state index < -0.39 is 0 Å². The summed E-state index contributed by atoms with van der Waals surface area (Å²) in [5.74, 6) is 1.06. The summed E-state index contributed by atoms with van der Waals surface area (Å²) < 4.78 is 13.2. The number of aryl methyl sites for hydroxylation is 1. The molecule has 30 heavy (non-hydrogen) atoms. The van der Waals surface area contributed by atoms with Gasteiger partial charge in [0.1, 0.15) is 11.6 Å². The second-order valence-electron chi connectivity index (χ2n) is 7.74. The molecular formula is C24H25FN4O. The van der Waals surface area contributed by atoms with Gasteiger partial charge in [0, 0.05) is 31.4 Å². The SMILES string of the molecule is Cc1cccc(CNC(=O)[C@@H]2CCCN(c3ccnc(-c4ccc(F)cc4)n3)C2)c1. The number of carbonyl (C=O) groups is 1. The second-order valence-corrected chi connectivity index (χ2v) is 7.74. The summed E-state index contributed by atoms with van der Waals surface area (Å²) >= 11 is 0. The number of benzene rings is 2. The van der Waals surface area contributed by atoms with E-state index in [2.05, 4.69) is 26.3 Å². The summed E-state index contributed by atoms with van der Waals surface area (Å²) in [4.78, 5) is 23.9. The number of aromatic nitrogens is 2. The first-order valence-corrected chi connectivity index (χ1v) is 10.3. The third-order valence-corrected chi connectivity index (χ3v) is 5.41. The van der Waals surface area contributed by atoms with E-state index >= 15 is 0 Å². The molecule has 1 saturated heterocycles. The zero-order valence-electron chi connectivity index (χ0n) is 17.0. The van der Waals surface area contributed by atoms with E-state index in [4.69, 9.17) is 0 Å². The summed E-state index contributed by atoms with van der Waals surface area (Å²) in [5.41, 5.74) is 3.06. The molecule has 1 aliphatic rings. The largest absolute Gasteiger partial charge is 0.356 e. The topological polar surface area (TPSA) is 58.1 Å². The van der Waals surface area contributed by atoms with Crippen LogP contribution in [-0.2, 0) is 11.3 Å². The highest BCUT2D eigenvalue weighted by atomic mass is 19.1. The highest BCUT2D eigenvalue weighted by Gasteiger charge is 2.26.